The minimum Gasteiger partial charge on any atom is -0.444 e. The highest BCUT2D eigenvalue weighted by Crippen LogP contribution is 2.33. The van der Waals surface area contributed by atoms with Crippen LogP contribution in [0.25, 0.3) is 33.1 Å². The zero-order valence-corrected chi connectivity index (χ0v) is 19.1. The van der Waals surface area contributed by atoms with Gasteiger partial charge in [-0.3, -0.25) is 4.98 Å². The summed E-state index contributed by atoms with van der Waals surface area (Å²) in [5.74, 6) is 0.411. The quantitative estimate of drug-likeness (QED) is 0.418. The average Bonchev–Trinajstić information content (AvgIpc) is 3.15. The third-order valence-electron chi connectivity index (χ3n) is 5.25. The number of fused-ring (bicyclic) bond motifs is 2. The van der Waals surface area contributed by atoms with Crippen LogP contribution in [-0.4, -0.2) is 37.3 Å². The van der Waals surface area contributed by atoms with E-state index < -0.39 is 11.7 Å². The van der Waals surface area contributed by atoms with Crippen LogP contribution < -0.4 is 11.1 Å². The lowest BCUT2D eigenvalue weighted by molar-refractivity contribution is 0.0512. The summed E-state index contributed by atoms with van der Waals surface area (Å²) in [5.41, 5.74) is 9.19. The second-order valence-corrected chi connectivity index (χ2v) is 8.89. The van der Waals surface area contributed by atoms with E-state index in [1.807, 2.05) is 62.0 Å². The minimum absolute atomic E-state index is 0.262. The Bertz CT molecular complexity index is 1320. The molecule has 1 unspecified atom stereocenters. The Morgan fingerprint density at radius 1 is 1.27 bits per heavy atom. The van der Waals surface area contributed by atoms with Gasteiger partial charge in [-0.1, -0.05) is 24.3 Å². The highest BCUT2D eigenvalue weighted by Gasteiger charge is 2.20. The molecule has 0 aliphatic carbocycles. The second kappa shape index (κ2) is 8.90. The maximum absolute atomic E-state index is 12.2. The Morgan fingerprint density at radius 2 is 2.06 bits per heavy atom. The molecule has 3 N–H and O–H groups in total. The number of carbonyl (C=O) groups excluding carboxylic acids is 1. The van der Waals surface area contributed by atoms with Gasteiger partial charge in [0.1, 0.15) is 23.4 Å². The highest BCUT2D eigenvalue weighted by molar-refractivity contribution is 6.01. The number of hydrogen-bond acceptors (Lipinski definition) is 6. The number of aryl methyl sites for hydroxylation is 1. The summed E-state index contributed by atoms with van der Waals surface area (Å²) in [7, 11) is 0. The fraction of sp³-hybridized carbons (Fsp3) is 0.280. The summed E-state index contributed by atoms with van der Waals surface area (Å²) in [5, 5.41) is 4.68. The molecule has 0 aliphatic rings. The number of anilines is 1. The van der Waals surface area contributed by atoms with Crippen molar-refractivity contribution in [3.05, 3.63) is 61.7 Å². The van der Waals surface area contributed by atoms with Crippen LogP contribution in [-0.2, 0) is 11.3 Å². The molecule has 33 heavy (non-hydrogen) atoms. The first-order valence-corrected chi connectivity index (χ1v) is 10.8. The topological polar surface area (TPSA) is 108 Å². The first-order valence-electron chi connectivity index (χ1n) is 10.8. The molecular formula is C25H28N6O2. The molecule has 8 nitrogen and oxygen atoms in total. The molecule has 0 saturated carbocycles. The van der Waals surface area contributed by atoms with E-state index in [9.17, 15) is 4.79 Å². The normalized spacial score (nSPS) is 12.6. The van der Waals surface area contributed by atoms with Crippen molar-refractivity contribution >= 4 is 33.8 Å². The molecule has 0 radical (unpaired) electrons. The number of pyridine rings is 1. The van der Waals surface area contributed by atoms with E-state index in [4.69, 9.17) is 10.5 Å². The van der Waals surface area contributed by atoms with E-state index in [0.717, 1.165) is 33.1 Å². The number of aromatic nitrogens is 4. The molecule has 1 atom stereocenters. The van der Waals surface area contributed by atoms with Crippen LogP contribution in [0.15, 0.2) is 61.7 Å². The SMILES string of the molecule is C=CC(CCn1cc(-c2cnc3ccccc3c2)c2c(N)ncnc21)NC(=O)OC(C)(C)C. The maximum Gasteiger partial charge on any atom is 0.408 e. The number of benzene rings is 1. The number of rotatable bonds is 6. The average molecular weight is 445 g/mol. The van der Waals surface area contributed by atoms with Crippen LogP contribution in [0.4, 0.5) is 10.6 Å². The van der Waals surface area contributed by atoms with Gasteiger partial charge in [-0.25, -0.2) is 14.8 Å². The molecule has 170 valence electrons. The van der Waals surface area contributed by atoms with E-state index in [0.29, 0.717) is 18.8 Å². The van der Waals surface area contributed by atoms with E-state index in [1.54, 1.807) is 6.08 Å². The summed E-state index contributed by atoms with van der Waals surface area (Å²) >= 11 is 0. The van der Waals surface area contributed by atoms with Crippen molar-refractivity contribution in [3.8, 4) is 11.1 Å². The molecule has 0 aliphatic heterocycles. The predicted octanol–water partition coefficient (Wildman–Crippen LogP) is 4.70. The number of nitrogen functional groups attached to an aromatic ring is 1. The predicted molar refractivity (Wildman–Crippen MR) is 131 cm³/mol. The number of nitrogens with two attached hydrogens (primary N) is 1. The Morgan fingerprint density at radius 3 is 2.82 bits per heavy atom. The van der Waals surface area contributed by atoms with Crippen LogP contribution in [0.1, 0.15) is 27.2 Å². The molecule has 0 fully saturated rings. The third kappa shape index (κ3) is 4.95. The molecule has 4 aromatic rings. The molecule has 1 amide bonds. The number of para-hydroxylation sites is 1. The van der Waals surface area contributed by atoms with Gasteiger partial charge in [0.2, 0.25) is 0 Å². The van der Waals surface area contributed by atoms with Gasteiger partial charge in [-0.15, -0.1) is 6.58 Å². The molecule has 4 rings (SSSR count). The molecule has 3 heterocycles. The van der Waals surface area contributed by atoms with Crippen LogP contribution >= 0.6 is 0 Å². The van der Waals surface area contributed by atoms with Gasteiger partial charge in [0.15, 0.2) is 0 Å². The number of ether oxygens (including phenoxy) is 1. The molecule has 8 heteroatoms. The largest absolute Gasteiger partial charge is 0.444 e. The van der Waals surface area contributed by atoms with E-state index >= 15 is 0 Å². The summed E-state index contributed by atoms with van der Waals surface area (Å²) in [4.78, 5) is 25.4. The molecule has 0 saturated heterocycles. The van der Waals surface area contributed by atoms with Gasteiger partial charge < -0.3 is 20.4 Å². The highest BCUT2D eigenvalue weighted by atomic mass is 16.6. The van der Waals surface area contributed by atoms with Crippen LogP contribution in [0.5, 0.6) is 0 Å². The lowest BCUT2D eigenvalue weighted by Gasteiger charge is -2.22. The smallest absolute Gasteiger partial charge is 0.408 e. The van der Waals surface area contributed by atoms with Crippen molar-refractivity contribution in [2.45, 2.75) is 45.4 Å². The summed E-state index contributed by atoms with van der Waals surface area (Å²) < 4.78 is 7.38. The van der Waals surface area contributed by atoms with Gasteiger partial charge >= 0.3 is 6.09 Å². The first-order chi connectivity index (χ1) is 15.7. The summed E-state index contributed by atoms with van der Waals surface area (Å²) in [6.07, 6.45) is 7.14. The summed E-state index contributed by atoms with van der Waals surface area (Å²) in [6, 6.07) is 9.79. The number of hydrogen-bond donors (Lipinski definition) is 2. The minimum atomic E-state index is -0.566. The van der Waals surface area contributed by atoms with Gasteiger partial charge in [0, 0.05) is 35.5 Å². The fourth-order valence-electron chi connectivity index (χ4n) is 3.74. The van der Waals surface area contributed by atoms with Crippen molar-refractivity contribution in [2.24, 2.45) is 0 Å². The van der Waals surface area contributed by atoms with E-state index in [2.05, 4.69) is 32.9 Å². The Labute approximate surface area is 192 Å². The number of nitrogens with one attached hydrogen (secondary N) is 1. The van der Waals surface area contributed by atoms with Gasteiger partial charge in [0.05, 0.1) is 16.9 Å². The van der Waals surface area contributed by atoms with Crippen molar-refractivity contribution < 1.29 is 9.53 Å². The summed E-state index contributed by atoms with van der Waals surface area (Å²) in [6.45, 7) is 9.92. The fourth-order valence-corrected chi connectivity index (χ4v) is 3.74. The molecular weight excluding hydrogens is 416 g/mol. The lowest BCUT2D eigenvalue weighted by Crippen LogP contribution is -2.38. The standard InChI is InChI=1S/C25H28N6O2/c1-5-18(30-24(32)33-25(2,3)4)10-11-31-14-19(21-22(26)28-15-29-23(21)31)17-12-16-8-6-7-9-20(16)27-13-17/h5-9,12-15,18H,1,10-11H2,2-4H3,(H,30,32)(H2,26,28,29). The second-order valence-electron chi connectivity index (χ2n) is 8.89. The van der Waals surface area contributed by atoms with Crippen molar-refractivity contribution in [1.82, 2.24) is 24.8 Å². The Balaban J connectivity index is 1.63. The molecule has 1 aromatic carbocycles. The molecule has 0 spiro atoms. The molecule has 3 aromatic heterocycles. The zero-order chi connectivity index (χ0) is 23.6. The number of alkyl carbamates (subject to hydrolysis) is 1. The van der Waals surface area contributed by atoms with Gasteiger partial charge in [-0.05, 0) is 39.3 Å². The van der Waals surface area contributed by atoms with Gasteiger partial charge in [0.25, 0.3) is 0 Å². The maximum atomic E-state index is 12.2. The van der Waals surface area contributed by atoms with Crippen molar-refractivity contribution in [3.63, 3.8) is 0 Å². The zero-order valence-electron chi connectivity index (χ0n) is 19.1. The monoisotopic (exact) mass is 444 g/mol. The molecule has 0 bridgehead atoms. The van der Waals surface area contributed by atoms with E-state index in [-0.39, 0.29) is 6.04 Å². The van der Waals surface area contributed by atoms with Crippen molar-refractivity contribution in [1.29, 1.82) is 0 Å². The van der Waals surface area contributed by atoms with Gasteiger partial charge in [-0.2, -0.15) is 0 Å². The number of carbonyl (C=O) groups is 1. The third-order valence-corrected chi connectivity index (χ3v) is 5.25. The van der Waals surface area contributed by atoms with Crippen LogP contribution in [0, 0.1) is 0 Å². The Kier molecular flexibility index (Phi) is 6.00. The Hall–Kier alpha value is -3.94. The number of amides is 1. The van der Waals surface area contributed by atoms with Crippen LogP contribution in [0.2, 0.25) is 0 Å². The number of nitrogens with zero attached hydrogens (tertiary/aromatic N) is 4. The lowest BCUT2D eigenvalue weighted by atomic mass is 10.1. The van der Waals surface area contributed by atoms with Crippen LogP contribution in [0.3, 0.4) is 0 Å². The van der Waals surface area contributed by atoms with Crippen molar-refractivity contribution in [2.75, 3.05) is 5.73 Å². The van der Waals surface area contributed by atoms with E-state index in [1.165, 1.54) is 6.33 Å². The first kappa shape index (κ1) is 22.3.